The van der Waals surface area contributed by atoms with E-state index in [0.29, 0.717) is 47.5 Å². The topological polar surface area (TPSA) is 78.5 Å². The van der Waals surface area contributed by atoms with Crippen molar-refractivity contribution in [1.29, 1.82) is 0 Å². The van der Waals surface area contributed by atoms with Crippen molar-refractivity contribution < 1.29 is 14.3 Å². The fraction of sp³-hybridized carbons (Fsp3) is 0.292. The molecule has 3 heterocycles. The van der Waals surface area contributed by atoms with Crippen LogP contribution in [0.4, 0.5) is 5.69 Å². The molecule has 0 saturated carbocycles. The number of carbonyl (C=O) groups is 2. The minimum Gasteiger partial charge on any atom is -0.495 e. The highest BCUT2D eigenvalue weighted by atomic mass is 35.5. The van der Waals surface area contributed by atoms with Crippen LogP contribution in [0, 0.1) is 5.92 Å². The number of aromatic amines is 1. The maximum absolute atomic E-state index is 13.4. The highest BCUT2D eigenvalue weighted by Crippen LogP contribution is 2.36. The summed E-state index contributed by atoms with van der Waals surface area (Å²) in [6.07, 6.45) is 0.839. The zero-order chi connectivity index (χ0) is 23.1. The van der Waals surface area contributed by atoms with Gasteiger partial charge in [0, 0.05) is 59.3 Å². The smallest absolute Gasteiger partial charge is 0.228 e. The number of amides is 2. The van der Waals surface area contributed by atoms with Gasteiger partial charge < -0.3 is 14.5 Å². The van der Waals surface area contributed by atoms with E-state index < -0.39 is 5.92 Å². The zero-order valence-corrected chi connectivity index (χ0v) is 19.5. The van der Waals surface area contributed by atoms with Gasteiger partial charge in [0.2, 0.25) is 11.8 Å². The number of fused-ring (bicyclic) bond motifs is 1. The Hall–Kier alpha value is -3.03. The minimum absolute atomic E-state index is 0.0317. The van der Waals surface area contributed by atoms with Gasteiger partial charge in [0.25, 0.3) is 0 Å². The second-order valence-electron chi connectivity index (χ2n) is 8.27. The van der Waals surface area contributed by atoms with Crippen LogP contribution in [0.2, 0.25) is 10.0 Å². The number of nitrogens with zero attached hydrogens (tertiary/aromatic N) is 3. The van der Waals surface area contributed by atoms with E-state index in [0.717, 1.165) is 22.5 Å². The molecule has 0 bridgehead atoms. The van der Waals surface area contributed by atoms with Crippen LogP contribution < -0.4 is 9.64 Å². The van der Waals surface area contributed by atoms with Crippen molar-refractivity contribution in [2.75, 3.05) is 25.1 Å². The molecule has 0 spiro atoms. The average molecular weight is 485 g/mol. The van der Waals surface area contributed by atoms with Crippen LogP contribution in [0.5, 0.6) is 5.75 Å². The van der Waals surface area contributed by atoms with Gasteiger partial charge in [-0.15, -0.1) is 0 Å². The SMILES string of the molecule is COc1ccc(Cl)cc1N1CC(C(=O)N2CCc3[nH]nc(-c4cccc(Cl)c4)c3C2)CC1=O. The third kappa shape index (κ3) is 4.07. The largest absolute Gasteiger partial charge is 0.495 e. The molecule has 1 fully saturated rings. The van der Waals surface area contributed by atoms with Crippen LogP contribution in [0.25, 0.3) is 11.3 Å². The number of halogens is 2. The summed E-state index contributed by atoms with van der Waals surface area (Å²) in [6, 6.07) is 12.6. The fourth-order valence-corrected chi connectivity index (χ4v) is 4.95. The lowest BCUT2D eigenvalue weighted by atomic mass is 9.99. The van der Waals surface area contributed by atoms with Crippen molar-refractivity contribution in [3.63, 3.8) is 0 Å². The van der Waals surface area contributed by atoms with E-state index in [1.807, 2.05) is 29.2 Å². The summed E-state index contributed by atoms with van der Waals surface area (Å²) in [4.78, 5) is 29.6. The maximum Gasteiger partial charge on any atom is 0.228 e. The number of carbonyl (C=O) groups excluding carboxylic acids is 2. The summed E-state index contributed by atoms with van der Waals surface area (Å²) >= 11 is 12.3. The first-order valence-corrected chi connectivity index (χ1v) is 11.4. The van der Waals surface area contributed by atoms with Crippen LogP contribution in [0.1, 0.15) is 17.7 Å². The van der Waals surface area contributed by atoms with E-state index in [2.05, 4.69) is 10.2 Å². The summed E-state index contributed by atoms with van der Waals surface area (Å²) in [5.74, 6) is -0.0254. The number of rotatable bonds is 4. The van der Waals surface area contributed by atoms with Gasteiger partial charge in [0.05, 0.1) is 24.4 Å². The Labute approximate surface area is 201 Å². The highest BCUT2D eigenvalue weighted by Gasteiger charge is 2.39. The molecule has 0 radical (unpaired) electrons. The summed E-state index contributed by atoms with van der Waals surface area (Å²) in [5, 5.41) is 8.73. The van der Waals surface area contributed by atoms with Crippen LogP contribution in [0.3, 0.4) is 0 Å². The highest BCUT2D eigenvalue weighted by molar-refractivity contribution is 6.31. The summed E-state index contributed by atoms with van der Waals surface area (Å²) in [6.45, 7) is 1.32. The van der Waals surface area contributed by atoms with Gasteiger partial charge in [-0.3, -0.25) is 14.7 Å². The van der Waals surface area contributed by atoms with Crippen molar-refractivity contribution in [3.05, 3.63) is 63.8 Å². The van der Waals surface area contributed by atoms with Gasteiger partial charge in [0.15, 0.2) is 0 Å². The molecule has 1 N–H and O–H groups in total. The number of hydrogen-bond acceptors (Lipinski definition) is 4. The number of anilines is 1. The third-order valence-corrected chi connectivity index (χ3v) is 6.72. The quantitative estimate of drug-likeness (QED) is 0.597. The Kier molecular flexibility index (Phi) is 5.76. The normalized spacial score (nSPS) is 17.9. The van der Waals surface area contributed by atoms with E-state index in [1.54, 1.807) is 30.2 Å². The molecule has 5 rings (SSSR count). The molecule has 9 heteroatoms. The number of H-pyrrole nitrogens is 1. The number of ether oxygens (including phenoxy) is 1. The van der Waals surface area contributed by atoms with Crippen molar-refractivity contribution in [2.45, 2.75) is 19.4 Å². The van der Waals surface area contributed by atoms with E-state index in [9.17, 15) is 9.59 Å². The molecule has 170 valence electrons. The molecule has 2 amide bonds. The molecule has 1 unspecified atom stereocenters. The molecule has 33 heavy (non-hydrogen) atoms. The third-order valence-electron chi connectivity index (χ3n) is 6.25. The Balaban J connectivity index is 1.35. The maximum atomic E-state index is 13.4. The van der Waals surface area contributed by atoms with E-state index in [-0.39, 0.29) is 18.2 Å². The molecule has 0 aliphatic carbocycles. The van der Waals surface area contributed by atoms with E-state index >= 15 is 0 Å². The van der Waals surface area contributed by atoms with Crippen molar-refractivity contribution in [3.8, 4) is 17.0 Å². The standard InChI is InChI=1S/C24H22Cl2N4O3/c1-33-21-6-5-17(26)11-20(21)30-12-15(10-22(30)31)24(32)29-8-7-19-18(13-29)23(28-27-19)14-3-2-4-16(25)9-14/h2-6,9,11,15H,7-8,10,12-13H2,1H3,(H,27,28). The summed E-state index contributed by atoms with van der Waals surface area (Å²) in [5.41, 5.74) is 4.32. The Morgan fingerprint density at radius 2 is 2.00 bits per heavy atom. The molecule has 7 nitrogen and oxygen atoms in total. The van der Waals surface area contributed by atoms with Crippen molar-refractivity contribution >= 4 is 40.7 Å². The molecule has 2 aliphatic heterocycles. The number of hydrogen-bond donors (Lipinski definition) is 1. The van der Waals surface area contributed by atoms with Gasteiger partial charge >= 0.3 is 0 Å². The number of aromatic nitrogens is 2. The van der Waals surface area contributed by atoms with E-state index in [4.69, 9.17) is 27.9 Å². The Morgan fingerprint density at radius 1 is 1.18 bits per heavy atom. The lowest BCUT2D eigenvalue weighted by Crippen LogP contribution is -2.40. The number of methoxy groups -OCH3 is 1. The second-order valence-corrected chi connectivity index (χ2v) is 9.14. The Bertz CT molecular complexity index is 1240. The number of benzene rings is 2. The van der Waals surface area contributed by atoms with Crippen LogP contribution >= 0.6 is 23.2 Å². The molecule has 2 aromatic carbocycles. The van der Waals surface area contributed by atoms with Gasteiger partial charge in [-0.1, -0.05) is 35.3 Å². The Morgan fingerprint density at radius 3 is 2.79 bits per heavy atom. The molecule has 3 aromatic rings. The predicted octanol–water partition coefficient (Wildman–Crippen LogP) is 4.33. The average Bonchev–Trinajstić information content (AvgIpc) is 3.41. The van der Waals surface area contributed by atoms with Gasteiger partial charge in [0.1, 0.15) is 5.75 Å². The van der Waals surface area contributed by atoms with Gasteiger partial charge in [-0.05, 0) is 30.3 Å². The molecular formula is C24H22Cl2N4O3. The lowest BCUT2D eigenvalue weighted by Gasteiger charge is -2.29. The van der Waals surface area contributed by atoms with Gasteiger partial charge in [-0.2, -0.15) is 5.10 Å². The first-order valence-electron chi connectivity index (χ1n) is 10.7. The molecule has 1 saturated heterocycles. The summed E-state index contributed by atoms with van der Waals surface area (Å²) in [7, 11) is 1.55. The lowest BCUT2D eigenvalue weighted by molar-refractivity contribution is -0.136. The van der Waals surface area contributed by atoms with Crippen molar-refractivity contribution in [2.24, 2.45) is 5.92 Å². The second kappa shape index (κ2) is 8.72. The first kappa shape index (κ1) is 21.8. The van der Waals surface area contributed by atoms with E-state index in [1.165, 1.54) is 0 Å². The van der Waals surface area contributed by atoms with Crippen LogP contribution in [-0.4, -0.2) is 47.1 Å². The summed E-state index contributed by atoms with van der Waals surface area (Å²) < 4.78 is 5.40. The van der Waals surface area contributed by atoms with Crippen LogP contribution in [-0.2, 0) is 22.6 Å². The van der Waals surface area contributed by atoms with Gasteiger partial charge in [-0.25, -0.2) is 0 Å². The predicted molar refractivity (Wildman–Crippen MR) is 127 cm³/mol. The molecular weight excluding hydrogens is 463 g/mol. The zero-order valence-electron chi connectivity index (χ0n) is 18.0. The molecule has 1 aromatic heterocycles. The minimum atomic E-state index is -0.427. The first-order chi connectivity index (χ1) is 15.9. The number of nitrogens with one attached hydrogen (secondary N) is 1. The monoisotopic (exact) mass is 484 g/mol. The molecule has 1 atom stereocenters. The van der Waals surface area contributed by atoms with Crippen molar-refractivity contribution in [1.82, 2.24) is 15.1 Å². The van der Waals surface area contributed by atoms with Crippen LogP contribution in [0.15, 0.2) is 42.5 Å². The fourth-order valence-electron chi connectivity index (χ4n) is 4.60. The molecule has 2 aliphatic rings.